The molecule has 0 radical (unpaired) electrons. The van der Waals surface area contributed by atoms with Crippen LogP contribution in [0.1, 0.15) is 63.4 Å². The summed E-state index contributed by atoms with van der Waals surface area (Å²) in [6.45, 7) is 0. The maximum Gasteiger partial charge on any atom is 0.149 e. The van der Waals surface area contributed by atoms with Gasteiger partial charge in [0.1, 0.15) is 5.78 Å². The van der Waals surface area contributed by atoms with Crippen molar-refractivity contribution in [3.05, 3.63) is 34.3 Å². The van der Waals surface area contributed by atoms with Crippen LogP contribution >= 0.6 is 31.9 Å². The van der Waals surface area contributed by atoms with E-state index in [0.717, 1.165) is 23.7 Å². The van der Waals surface area contributed by atoms with E-state index in [1.807, 2.05) is 0 Å². The molecule has 22 heavy (non-hydrogen) atoms. The molecule has 1 aromatic carbocycles. The minimum Gasteiger partial charge on any atom is -0.298 e. The Morgan fingerprint density at radius 2 is 1.41 bits per heavy atom. The van der Waals surface area contributed by atoms with Gasteiger partial charge in [0.15, 0.2) is 0 Å². The minimum atomic E-state index is 0.0485. The van der Waals surface area contributed by atoms with Crippen molar-refractivity contribution in [2.45, 2.75) is 69.0 Å². The molecule has 0 amide bonds. The Hall–Kier alpha value is -0.150. The number of Topliss-reactive ketones (excluding diaryl/α,β-unsaturated/α-hetero) is 1. The Morgan fingerprint density at radius 1 is 0.864 bits per heavy atom. The number of alkyl halides is 1. The molecule has 1 aliphatic rings. The maximum atomic E-state index is 12.8. The normalized spacial score (nSPS) is 25.3. The summed E-state index contributed by atoms with van der Waals surface area (Å²) < 4.78 is 1.10. The number of halogens is 2. The van der Waals surface area contributed by atoms with E-state index in [4.69, 9.17) is 0 Å². The van der Waals surface area contributed by atoms with Crippen LogP contribution in [0, 0.1) is 5.92 Å². The molecule has 0 saturated heterocycles. The lowest BCUT2D eigenvalue weighted by atomic mass is 9.87. The third-order valence-electron chi connectivity index (χ3n) is 4.62. The van der Waals surface area contributed by atoms with Gasteiger partial charge in [-0.1, -0.05) is 88.9 Å². The van der Waals surface area contributed by atoms with Gasteiger partial charge in [-0.05, 0) is 37.0 Å². The van der Waals surface area contributed by atoms with Crippen molar-refractivity contribution in [2.24, 2.45) is 5.92 Å². The number of hydrogen-bond acceptors (Lipinski definition) is 1. The molecular formula is C19H26Br2O. The fourth-order valence-corrected chi connectivity index (χ4v) is 4.21. The quantitative estimate of drug-likeness (QED) is 0.492. The number of benzene rings is 1. The van der Waals surface area contributed by atoms with Crippen LogP contribution in [0.3, 0.4) is 0 Å². The molecule has 2 rings (SSSR count). The van der Waals surface area contributed by atoms with Crippen LogP contribution in [0.5, 0.6) is 0 Å². The van der Waals surface area contributed by atoms with E-state index in [2.05, 4.69) is 56.1 Å². The Bertz CT molecular complexity index is 455. The molecule has 2 unspecified atom stereocenters. The molecule has 0 N–H and O–H groups in total. The third kappa shape index (κ3) is 6.16. The average Bonchev–Trinajstić information content (AvgIpc) is 2.52. The fraction of sp³-hybridized carbons (Fsp3) is 0.632. The molecule has 0 aliphatic heterocycles. The highest BCUT2D eigenvalue weighted by Crippen LogP contribution is 2.25. The average molecular weight is 430 g/mol. The van der Waals surface area contributed by atoms with Crippen molar-refractivity contribution < 1.29 is 4.79 Å². The number of hydrogen-bond donors (Lipinski definition) is 0. The molecule has 1 nitrogen and oxygen atoms in total. The van der Waals surface area contributed by atoms with Gasteiger partial charge in [-0.3, -0.25) is 4.79 Å². The number of rotatable bonds is 2. The summed E-state index contributed by atoms with van der Waals surface area (Å²) >= 11 is 7.13. The van der Waals surface area contributed by atoms with Gasteiger partial charge in [-0.25, -0.2) is 0 Å². The molecule has 3 heteroatoms. The summed E-state index contributed by atoms with van der Waals surface area (Å²) in [5, 5.41) is 0. The van der Waals surface area contributed by atoms with Crippen molar-refractivity contribution in [1.82, 2.24) is 0 Å². The highest BCUT2D eigenvalue weighted by molar-refractivity contribution is 9.10. The van der Waals surface area contributed by atoms with Crippen LogP contribution in [0.2, 0.25) is 0 Å². The first kappa shape index (κ1) is 18.2. The molecule has 122 valence electrons. The zero-order valence-electron chi connectivity index (χ0n) is 13.2. The Labute approximate surface area is 151 Å². The first-order valence-electron chi connectivity index (χ1n) is 8.59. The SMILES string of the molecule is O=C1C(Br)CCCCCCCCCC1Cc1ccc(Br)cc1. The molecule has 0 spiro atoms. The van der Waals surface area contributed by atoms with Crippen LogP contribution in [0.4, 0.5) is 0 Å². The molecule has 0 heterocycles. The standard InChI is InChI=1S/C19H26Br2O/c20-17-12-10-15(11-13-17)14-16-8-6-4-2-1-3-5-7-9-18(21)19(16)22/h10-13,16,18H,1-9,14H2. The molecule has 1 fully saturated rings. The van der Waals surface area contributed by atoms with E-state index in [1.54, 1.807) is 0 Å². The molecule has 0 aromatic heterocycles. The van der Waals surface area contributed by atoms with Crippen LogP contribution < -0.4 is 0 Å². The van der Waals surface area contributed by atoms with Crippen molar-refractivity contribution in [3.63, 3.8) is 0 Å². The second kappa shape index (κ2) is 9.87. The van der Waals surface area contributed by atoms with Crippen molar-refractivity contribution in [1.29, 1.82) is 0 Å². The lowest BCUT2D eigenvalue weighted by Crippen LogP contribution is -2.26. The van der Waals surface area contributed by atoms with E-state index in [-0.39, 0.29) is 10.7 Å². The van der Waals surface area contributed by atoms with E-state index >= 15 is 0 Å². The molecule has 2 atom stereocenters. The fourth-order valence-electron chi connectivity index (χ4n) is 3.25. The van der Waals surface area contributed by atoms with Gasteiger partial charge in [0.05, 0.1) is 4.83 Å². The maximum absolute atomic E-state index is 12.8. The first-order valence-corrected chi connectivity index (χ1v) is 10.3. The Balaban J connectivity index is 2.01. The number of ketones is 1. The monoisotopic (exact) mass is 428 g/mol. The molecular weight excluding hydrogens is 404 g/mol. The van der Waals surface area contributed by atoms with Crippen molar-refractivity contribution in [3.8, 4) is 0 Å². The van der Waals surface area contributed by atoms with Crippen molar-refractivity contribution in [2.75, 3.05) is 0 Å². The summed E-state index contributed by atoms with van der Waals surface area (Å²) in [7, 11) is 0. The smallest absolute Gasteiger partial charge is 0.149 e. The summed E-state index contributed by atoms with van der Waals surface area (Å²) in [5.74, 6) is 0.591. The van der Waals surface area contributed by atoms with Crippen LogP contribution in [0.15, 0.2) is 28.7 Å². The van der Waals surface area contributed by atoms with Crippen LogP contribution in [0.25, 0.3) is 0 Å². The van der Waals surface area contributed by atoms with Gasteiger partial charge < -0.3 is 0 Å². The van der Waals surface area contributed by atoms with E-state index < -0.39 is 0 Å². The third-order valence-corrected chi connectivity index (χ3v) is 6.05. The largest absolute Gasteiger partial charge is 0.298 e. The second-order valence-electron chi connectivity index (χ2n) is 6.45. The zero-order chi connectivity index (χ0) is 15.8. The zero-order valence-corrected chi connectivity index (χ0v) is 16.4. The number of carbonyl (C=O) groups excluding carboxylic acids is 1. The van der Waals surface area contributed by atoms with Gasteiger partial charge in [-0.2, -0.15) is 0 Å². The Kier molecular flexibility index (Phi) is 8.16. The molecule has 1 aliphatic carbocycles. The molecule has 1 aromatic rings. The van der Waals surface area contributed by atoms with Gasteiger partial charge in [0.25, 0.3) is 0 Å². The van der Waals surface area contributed by atoms with Crippen molar-refractivity contribution >= 4 is 37.6 Å². The van der Waals surface area contributed by atoms with Gasteiger partial charge >= 0.3 is 0 Å². The summed E-state index contributed by atoms with van der Waals surface area (Å²) in [6, 6.07) is 8.41. The predicted molar refractivity (Wildman–Crippen MR) is 101 cm³/mol. The van der Waals surface area contributed by atoms with E-state index in [1.165, 1.54) is 50.5 Å². The highest BCUT2D eigenvalue weighted by Gasteiger charge is 2.25. The summed E-state index contributed by atoms with van der Waals surface area (Å²) in [4.78, 5) is 12.8. The van der Waals surface area contributed by atoms with Gasteiger partial charge in [-0.15, -0.1) is 0 Å². The van der Waals surface area contributed by atoms with Gasteiger partial charge in [0.2, 0.25) is 0 Å². The molecule has 0 bridgehead atoms. The Morgan fingerprint density at radius 3 is 2.05 bits per heavy atom. The van der Waals surface area contributed by atoms with Crippen LogP contribution in [-0.4, -0.2) is 10.6 Å². The second-order valence-corrected chi connectivity index (χ2v) is 8.47. The molecule has 1 saturated carbocycles. The lowest BCUT2D eigenvalue weighted by Gasteiger charge is -2.20. The van der Waals surface area contributed by atoms with Crippen LogP contribution in [-0.2, 0) is 11.2 Å². The van der Waals surface area contributed by atoms with E-state index in [0.29, 0.717) is 5.78 Å². The van der Waals surface area contributed by atoms with E-state index in [9.17, 15) is 4.79 Å². The lowest BCUT2D eigenvalue weighted by molar-refractivity contribution is -0.122. The minimum absolute atomic E-state index is 0.0485. The van der Waals surface area contributed by atoms with Gasteiger partial charge in [0, 0.05) is 10.4 Å². The summed E-state index contributed by atoms with van der Waals surface area (Å²) in [5.41, 5.74) is 1.27. The first-order chi connectivity index (χ1) is 10.7. The summed E-state index contributed by atoms with van der Waals surface area (Å²) in [6.07, 6.45) is 11.8. The number of carbonyl (C=O) groups is 1. The topological polar surface area (TPSA) is 17.1 Å². The highest BCUT2D eigenvalue weighted by atomic mass is 79.9. The predicted octanol–water partition coefficient (Wildman–Crippen LogP) is 6.46.